The zero-order valence-electron chi connectivity index (χ0n) is 15.6. The van der Waals surface area contributed by atoms with Gasteiger partial charge in [-0.3, -0.25) is 0 Å². The molecule has 4 rings (SSSR count). The SMILES string of the molecule is Cc1c(Nc2ccccc2)nc(Nc2ccccc2)nc1Nc1ccccc1. The van der Waals surface area contributed by atoms with Gasteiger partial charge in [-0.1, -0.05) is 54.6 Å². The Morgan fingerprint density at radius 3 is 1.25 bits per heavy atom. The van der Waals surface area contributed by atoms with Crippen LogP contribution in [0.5, 0.6) is 0 Å². The number of nitrogens with zero attached hydrogens (tertiary/aromatic N) is 2. The molecule has 0 aliphatic carbocycles. The van der Waals surface area contributed by atoms with Gasteiger partial charge >= 0.3 is 0 Å². The van der Waals surface area contributed by atoms with Gasteiger partial charge in [0.2, 0.25) is 5.95 Å². The van der Waals surface area contributed by atoms with Crippen molar-refractivity contribution < 1.29 is 0 Å². The van der Waals surface area contributed by atoms with E-state index in [0.717, 1.165) is 34.3 Å². The Morgan fingerprint density at radius 1 is 0.500 bits per heavy atom. The second-order valence-electron chi connectivity index (χ2n) is 6.34. The van der Waals surface area contributed by atoms with Crippen molar-refractivity contribution in [1.29, 1.82) is 0 Å². The number of para-hydroxylation sites is 3. The Balaban J connectivity index is 1.71. The highest BCUT2D eigenvalue weighted by Gasteiger charge is 2.12. The van der Waals surface area contributed by atoms with E-state index in [1.54, 1.807) is 0 Å². The fourth-order valence-corrected chi connectivity index (χ4v) is 2.78. The minimum Gasteiger partial charge on any atom is -0.340 e. The Kier molecular flexibility index (Phi) is 5.15. The minimum atomic E-state index is 0.522. The summed E-state index contributed by atoms with van der Waals surface area (Å²) in [5.74, 6) is 2.02. The molecule has 5 nitrogen and oxygen atoms in total. The third-order valence-corrected chi connectivity index (χ3v) is 4.25. The molecule has 0 atom stereocenters. The molecular weight excluding hydrogens is 346 g/mol. The van der Waals surface area contributed by atoms with Gasteiger partial charge in [0.05, 0.1) is 0 Å². The molecular formula is C23H21N5. The van der Waals surface area contributed by atoms with Gasteiger partial charge in [-0.15, -0.1) is 0 Å². The fraction of sp³-hybridized carbons (Fsp3) is 0.0435. The first-order valence-electron chi connectivity index (χ1n) is 9.13. The summed E-state index contributed by atoms with van der Waals surface area (Å²) in [7, 11) is 0. The van der Waals surface area contributed by atoms with Gasteiger partial charge in [0.1, 0.15) is 11.6 Å². The molecule has 0 aliphatic rings. The molecule has 5 heteroatoms. The number of rotatable bonds is 6. The highest BCUT2D eigenvalue weighted by molar-refractivity contribution is 5.71. The monoisotopic (exact) mass is 367 g/mol. The lowest BCUT2D eigenvalue weighted by molar-refractivity contribution is 1.13. The zero-order chi connectivity index (χ0) is 19.2. The standard InChI is InChI=1S/C23H21N5/c1-17-21(24-18-11-5-2-6-12-18)27-23(26-20-15-9-4-10-16-20)28-22(17)25-19-13-7-3-8-14-19/h2-16H,1H3,(H3,24,25,26,27,28). The maximum absolute atomic E-state index is 4.69. The van der Waals surface area contributed by atoms with Crippen LogP contribution in [0.3, 0.4) is 0 Å². The molecule has 0 unspecified atom stereocenters. The van der Waals surface area contributed by atoms with E-state index < -0.39 is 0 Å². The molecule has 0 amide bonds. The topological polar surface area (TPSA) is 61.9 Å². The maximum atomic E-state index is 4.69. The van der Waals surface area contributed by atoms with Crippen molar-refractivity contribution in [2.24, 2.45) is 0 Å². The van der Waals surface area contributed by atoms with E-state index in [4.69, 9.17) is 9.97 Å². The van der Waals surface area contributed by atoms with Crippen LogP contribution < -0.4 is 16.0 Å². The summed E-state index contributed by atoms with van der Waals surface area (Å²) in [6.45, 7) is 2.00. The molecule has 0 bridgehead atoms. The van der Waals surface area contributed by atoms with E-state index in [0.29, 0.717) is 5.95 Å². The normalized spacial score (nSPS) is 10.3. The molecule has 1 aromatic heterocycles. The van der Waals surface area contributed by atoms with Crippen molar-refractivity contribution in [1.82, 2.24) is 9.97 Å². The first kappa shape index (κ1) is 17.5. The lowest BCUT2D eigenvalue weighted by atomic mass is 10.2. The average Bonchev–Trinajstić information content (AvgIpc) is 2.74. The van der Waals surface area contributed by atoms with Gasteiger partial charge < -0.3 is 16.0 Å². The van der Waals surface area contributed by atoms with E-state index in [1.165, 1.54) is 0 Å². The number of nitrogens with one attached hydrogen (secondary N) is 3. The minimum absolute atomic E-state index is 0.522. The third kappa shape index (κ3) is 4.27. The molecule has 28 heavy (non-hydrogen) atoms. The second kappa shape index (κ2) is 8.22. The van der Waals surface area contributed by atoms with Crippen molar-refractivity contribution in [3.8, 4) is 0 Å². The Labute approximate surface area is 164 Å². The molecule has 0 fully saturated rings. The summed E-state index contributed by atoms with van der Waals surface area (Å²) in [5.41, 5.74) is 3.82. The van der Waals surface area contributed by atoms with Crippen molar-refractivity contribution in [3.05, 3.63) is 96.6 Å². The van der Waals surface area contributed by atoms with Crippen LogP contribution in [-0.2, 0) is 0 Å². The maximum Gasteiger partial charge on any atom is 0.231 e. The van der Waals surface area contributed by atoms with Crippen LogP contribution >= 0.6 is 0 Å². The molecule has 1 heterocycles. The van der Waals surface area contributed by atoms with E-state index in [2.05, 4.69) is 16.0 Å². The average molecular weight is 367 g/mol. The van der Waals surface area contributed by atoms with Gasteiger partial charge in [-0.2, -0.15) is 9.97 Å². The van der Waals surface area contributed by atoms with Crippen molar-refractivity contribution >= 4 is 34.6 Å². The van der Waals surface area contributed by atoms with Gasteiger partial charge in [-0.05, 0) is 43.3 Å². The molecule has 0 saturated heterocycles. The summed E-state index contributed by atoms with van der Waals surface area (Å²) in [5, 5.41) is 10.1. The number of benzene rings is 3. The van der Waals surface area contributed by atoms with Crippen molar-refractivity contribution in [2.75, 3.05) is 16.0 Å². The first-order valence-corrected chi connectivity index (χ1v) is 9.13. The molecule has 3 aromatic carbocycles. The van der Waals surface area contributed by atoms with E-state index >= 15 is 0 Å². The predicted molar refractivity (Wildman–Crippen MR) is 116 cm³/mol. The highest BCUT2D eigenvalue weighted by Crippen LogP contribution is 2.28. The van der Waals surface area contributed by atoms with Crippen LogP contribution in [-0.4, -0.2) is 9.97 Å². The van der Waals surface area contributed by atoms with Crippen LogP contribution in [0, 0.1) is 6.92 Å². The van der Waals surface area contributed by atoms with Crippen LogP contribution in [0.25, 0.3) is 0 Å². The van der Waals surface area contributed by atoms with Gasteiger partial charge in [0.15, 0.2) is 0 Å². The number of anilines is 6. The summed E-state index contributed by atoms with van der Waals surface area (Å²) in [6.07, 6.45) is 0. The quantitative estimate of drug-likeness (QED) is 0.389. The van der Waals surface area contributed by atoms with Crippen LogP contribution in [0.1, 0.15) is 5.56 Å². The smallest absolute Gasteiger partial charge is 0.231 e. The summed E-state index contributed by atoms with van der Waals surface area (Å²) >= 11 is 0. The van der Waals surface area contributed by atoms with Gasteiger partial charge in [-0.25, -0.2) is 0 Å². The van der Waals surface area contributed by atoms with Gasteiger partial charge in [0, 0.05) is 22.6 Å². The lowest BCUT2D eigenvalue weighted by Crippen LogP contribution is -2.07. The Morgan fingerprint density at radius 2 is 0.857 bits per heavy atom. The molecule has 0 radical (unpaired) electrons. The molecule has 0 saturated carbocycles. The number of hydrogen-bond donors (Lipinski definition) is 3. The molecule has 0 spiro atoms. The first-order chi connectivity index (χ1) is 13.8. The van der Waals surface area contributed by atoms with Crippen LogP contribution in [0.2, 0.25) is 0 Å². The van der Waals surface area contributed by atoms with Crippen LogP contribution in [0.15, 0.2) is 91.0 Å². The Bertz CT molecular complexity index is 972. The van der Waals surface area contributed by atoms with E-state index in [1.807, 2.05) is 97.9 Å². The summed E-state index contributed by atoms with van der Waals surface area (Å²) in [4.78, 5) is 9.38. The van der Waals surface area contributed by atoms with E-state index in [-0.39, 0.29) is 0 Å². The second-order valence-corrected chi connectivity index (χ2v) is 6.34. The van der Waals surface area contributed by atoms with E-state index in [9.17, 15) is 0 Å². The van der Waals surface area contributed by atoms with Crippen molar-refractivity contribution in [2.45, 2.75) is 6.92 Å². The molecule has 0 aliphatic heterocycles. The molecule has 3 N–H and O–H groups in total. The predicted octanol–water partition coefficient (Wildman–Crippen LogP) is 6.02. The van der Waals surface area contributed by atoms with Crippen molar-refractivity contribution in [3.63, 3.8) is 0 Å². The summed E-state index contributed by atoms with van der Waals surface area (Å²) < 4.78 is 0. The summed E-state index contributed by atoms with van der Waals surface area (Å²) in [6, 6.07) is 29.9. The van der Waals surface area contributed by atoms with Gasteiger partial charge in [0.25, 0.3) is 0 Å². The molecule has 138 valence electrons. The Hall–Kier alpha value is -3.86. The van der Waals surface area contributed by atoms with Crippen LogP contribution in [0.4, 0.5) is 34.6 Å². The largest absolute Gasteiger partial charge is 0.340 e. The lowest BCUT2D eigenvalue weighted by Gasteiger charge is -2.16. The fourth-order valence-electron chi connectivity index (χ4n) is 2.78. The number of aromatic nitrogens is 2. The number of hydrogen-bond acceptors (Lipinski definition) is 5. The molecule has 4 aromatic rings. The third-order valence-electron chi connectivity index (χ3n) is 4.25. The highest BCUT2D eigenvalue weighted by atomic mass is 15.2. The zero-order valence-corrected chi connectivity index (χ0v) is 15.6.